The fourth-order valence-corrected chi connectivity index (χ4v) is 2.97. The van der Waals surface area contributed by atoms with Crippen LogP contribution in [0.1, 0.15) is 42.3 Å². The van der Waals surface area contributed by atoms with E-state index in [-0.39, 0.29) is 0 Å². The second kappa shape index (κ2) is 4.34. The highest BCUT2D eigenvalue weighted by Crippen LogP contribution is 2.36. The number of aromatic nitrogens is 2. The second-order valence-electron chi connectivity index (χ2n) is 4.57. The second-order valence-corrected chi connectivity index (χ2v) is 5.37. The molecule has 0 atom stereocenters. The molecule has 16 heavy (non-hydrogen) atoms. The first kappa shape index (κ1) is 10.5. The largest absolute Gasteiger partial charge is 0.312 e. The predicted molar refractivity (Wildman–Crippen MR) is 65.8 cm³/mol. The first-order chi connectivity index (χ1) is 7.88. The van der Waals surface area contributed by atoms with Crippen LogP contribution in [0.3, 0.4) is 0 Å². The number of hydrogen-bond acceptors (Lipinski definition) is 4. The van der Waals surface area contributed by atoms with Gasteiger partial charge in [-0.3, -0.25) is 0 Å². The first-order valence-electron chi connectivity index (χ1n) is 6.03. The molecule has 1 aliphatic heterocycles. The van der Waals surface area contributed by atoms with E-state index in [4.69, 9.17) is 9.97 Å². The van der Waals surface area contributed by atoms with Gasteiger partial charge in [0.1, 0.15) is 10.9 Å². The van der Waals surface area contributed by atoms with Crippen LogP contribution >= 0.6 is 11.8 Å². The summed E-state index contributed by atoms with van der Waals surface area (Å²) in [6.07, 6.45) is 7.09. The topological polar surface area (TPSA) is 37.8 Å². The minimum atomic E-state index is 0.645. The lowest BCUT2D eigenvalue weighted by Crippen LogP contribution is -2.27. The number of rotatable bonds is 2. The molecule has 1 fully saturated rings. The molecule has 1 aromatic heterocycles. The molecular formula is C12H17N3S. The Bertz CT molecular complexity index is 384. The summed E-state index contributed by atoms with van der Waals surface area (Å²) in [6.45, 7) is 2.00. The summed E-state index contributed by atoms with van der Waals surface area (Å²) >= 11 is 1.76. The van der Waals surface area contributed by atoms with Crippen molar-refractivity contribution in [3.05, 3.63) is 17.1 Å². The van der Waals surface area contributed by atoms with Crippen LogP contribution in [-0.2, 0) is 13.0 Å². The van der Waals surface area contributed by atoms with Gasteiger partial charge < -0.3 is 5.32 Å². The monoisotopic (exact) mass is 235 g/mol. The normalized spacial score (nSPS) is 20.3. The molecule has 1 aromatic rings. The molecule has 2 aliphatic rings. The first-order valence-corrected chi connectivity index (χ1v) is 7.25. The van der Waals surface area contributed by atoms with Crippen LogP contribution < -0.4 is 5.32 Å². The molecule has 0 unspecified atom stereocenters. The number of hydrogen-bond donors (Lipinski definition) is 1. The lowest BCUT2D eigenvalue weighted by Gasteiger charge is -2.26. The van der Waals surface area contributed by atoms with Crippen LogP contribution in [0.4, 0.5) is 0 Å². The van der Waals surface area contributed by atoms with Gasteiger partial charge in [0.15, 0.2) is 0 Å². The van der Waals surface area contributed by atoms with E-state index in [1.807, 2.05) is 0 Å². The molecular weight excluding hydrogens is 218 g/mol. The third-order valence-corrected chi connectivity index (χ3v) is 4.30. The summed E-state index contributed by atoms with van der Waals surface area (Å²) in [6, 6.07) is 0. The standard InChI is InChI=1S/C12H17N3S/c1-16-12-9-7-13-6-5-10(9)14-11(15-12)8-3-2-4-8/h8,13H,2-7H2,1H3. The van der Waals surface area contributed by atoms with E-state index in [9.17, 15) is 0 Å². The molecule has 0 amide bonds. The molecule has 0 saturated heterocycles. The zero-order valence-corrected chi connectivity index (χ0v) is 10.4. The third kappa shape index (κ3) is 1.74. The van der Waals surface area contributed by atoms with E-state index in [1.54, 1.807) is 11.8 Å². The molecule has 86 valence electrons. The summed E-state index contributed by atoms with van der Waals surface area (Å²) < 4.78 is 0. The Balaban J connectivity index is 2.01. The minimum absolute atomic E-state index is 0.645. The fraction of sp³-hybridized carbons (Fsp3) is 0.667. The van der Waals surface area contributed by atoms with Crippen molar-refractivity contribution >= 4 is 11.8 Å². The third-order valence-electron chi connectivity index (χ3n) is 3.58. The van der Waals surface area contributed by atoms with Gasteiger partial charge in [-0.1, -0.05) is 6.42 Å². The van der Waals surface area contributed by atoms with E-state index in [2.05, 4.69) is 11.6 Å². The molecule has 1 saturated carbocycles. The lowest BCUT2D eigenvalue weighted by atomic mass is 9.84. The van der Waals surface area contributed by atoms with Gasteiger partial charge in [0.25, 0.3) is 0 Å². The molecule has 1 N–H and O–H groups in total. The van der Waals surface area contributed by atoms with Crippen LogP contribution in [0, 0.1) is 0 Å². The zero-order valence-electron chi connectivity index (χ0n) is 9.62. The molecule has 1 aliphatic carbocycles. The number of nitrogens with one attached hydrogen (secondary N) is 1. The van der Waals surface area contributed by atoms with Gasteiger partial charge in [-0.05, 0) is 19.1 Å². The lowest BCUT2D eigenvalue weighted by molar-refractivity contribution is 0.395. The minimum Gasteiger partial charge on any atom is -0.312 e. The number of fused-ring (bicyclic) bond motifs is 1. The quantitative estimate of drug-likeness (QED) is 0.629. The van der Waals surface area contributed by atoms with Gasteiger partial charge in [-0.2, -0.15) is 0 Å². The number of nitrogens with zero attached hydrogens (tertiary/aromatic N) is 2. The number of thioether (sulfide) groups is 1. The maximum atomic E-state index is 4.78. The summed E-state index contributed by atoms with van der Waals surface area (Å²) in [7, 11) is 0. The smallest absolute Gasteiger partial charge is 0.132 e. The van der Waals surface area contributed by atoms with Crippen molar-refractivity contribution in [2.24, 2.45) is 0 Å². The average Bonchev–Trinajstić information content (AvgIpc) is 2.25. The van der Waals surface area contributed by atoms with Gasteiger partial charge in [-0.25, -0.2) is 9.97 Å². The molecule has 0 radical (unpaired) electrons. The van der Waals surface area contributed by atoms with Gasteiger partial charge in [0.05, 0.1) is 5.69 Å². The Morgan fingerprint density at radius 3 is 2.88 bits per heavy atom. The summed E-state index contributed by atoms with van der Waals surface area (Å²) in [4.78, 5) is 9.52. The Kier molecular flexibility index (Phi) is 2.86. The van der Waals surface area contributed by atoms with E-state index < -0.39 is 0 Å². The van der Waals surface area contributed by atoms with Crippen molar-refractivity contribution in [2.45, 2.75) is 43.2 Å². The van der Waals surface area contributed by atoms with Crippen molar-refractivity contribution in [2.75, 3.05) is 12.8 Å². The maximum Gasteiger partial charge on any atom is 0.132 e. The summed E-state index contributed by atoms with van der Waals surface area (Å²) in [5, 5.41) is 4.59. The molecule has 0 aromatic carbocycles. The molecule has 3 rings (SSSR count). The van der Waals surface area contributed by atoms with E-state index >= 15 is 0 Å². The highest BCUT2D eigenvalue weighted by Gasteiger charge is 2.25. The van der Waals surface area contributed by atoms with Crippen LogP contribution in [0.25, 0.3) is 0 Å². The average molecular weight is 235 g/mol. The summed E-state index contributed by atoms with van der Waals surface area (Å²) in [5.74, 6) is 1.75. The Morgan fingerprint density at radius 2 is 2.19 bits per heavy atom. The van der Waals surface area contributed by atoms with Gasteiger partial charge >= 0.3 is 0 Å². The molecule has 2 heterocycles. The molecule has 0 spiro atoms. The van der Waals surface area contributed by atoms with Gasteiger partial charge in [0.2, 0.25) is 0 Å². The van der Waals surface area contributed by atoms with Crippen molar-refractivity contribution in [3.63, 3.8) is 0 Å². The van der Waals surface area contributed by atoms with Crippen molar-refractivity contribution < 1.29 is 0 Å². The van der Waals surface area contributed by atoms with E-state index in [1.165, 1.54) is 35.5 Å². The van der Waals surface area contributed by atoms with Crippen LogP contribution in [0.2, 0.25) is 0 Å². The zero-order chi connectivity index (χ0) is 11.0. The van der Waals surface area contributed by atoms with E-state index in [0.717, 1.165) is 25.3 Å². The van der Waals surface area contributed by atoms with Crippen molar-refractivity contribution in [3.8, 4) is 0 Å². The summed E-state index contributed by atoms with van der Waals surface area (Å²) in [5.41, 5.74) is 2.63. The molecule has 3 nitrogen and oxygen atoms in total. The highest BCUT2D eigenvalue weighted by atomic mass is 32.2. The SMILES string of the molecule is CSc1nc(C2CCC2)nc2c1CNCC2. The highest BCUT2D eigenvalue weighted by molar-refractivity contribution is 7.98. The van der Waals surface area contributed by atoms with E-state index in [0.29, 0.717) is 5.92 Å². The molecule has 4 heteroatoms. The van der Waals surface area contributed by atoms with Crippen molar-refractivity contribution in [1.82, 2.24) is 15.3 Å². The van der Waals surface area contributed by atoms with Crippen molar-refractivity contribution in [1.29, 1.82) is 0 Å². The Hall–Kier alpha value is -0.610. The predicted octanol–water partition coefficient (Wildman–Crippen LogP) is 2.11. The van der Waals surface area contributed by atoms with Crippen LogP contribution in [-0.4, -0.2) is 22.8 Å². The fourth-order valence-electron chi connectivity index (χ4n) is 2.35. The Morgan fingerprint density at radius 1 is 1.31 bits per heavy atom. The van der Waals surface area contributed by atoms with Gasteiger partial charge in [0, 0.05) is 31.0 Å². The van der Waals surface area contributed by atoms with Crippen LogP contribution in [0.5, 0.6) is 0 Å². The molecule has 0 bridgehead atoms. The Labute approximate surface area is 100 Å². The maximum absolute atomic E-state index is 4.78. The van der Waals surface area contributed by atoms with Crippen LogP contribution in [0.15, 0.2) is 5.03 Å². The van der Waals surface area contributed by atoms with Gasteiger partial charge in [-0.15, -0.1) is 11.8 Å².